The second-order valence-electron chi connectivity index (χ2n) is 3.78. The molecule has 3 heteroatoms. The lowest BCUT2D eigenvalue weighted by molar-refractivity contribution is 0.101. The Morgan fingerprint density at radius 1 is 1.40 bits per heavy atom. The van der Waals surface area contributed by atoms with Gasteiger partial charge in [0.2, 0.25) is 0 Å². The van der Waals surface area contributed by atoms with E-state index in [2.05, 4.69) is 0 Å². The van der Waals surface area contributed by atoms with Gasteiger partial charge in [-0.2, -0.15) is 0 Å². The highest BCUT2D eigenvalue weighted by atomic mass is 35.5. The highest BCUT2D eigenvalue weighted by molar-refractivity contribution is 6.31. The average molecular weight is 227 g/mol. The summed E-state index contributed by atoms with van der Waals surface area (Å²) in [6.07, 6.45) is 0. The fraction of sp³-hybridized carbons (Fsp3) is 0.417. The van der Waals surface area contributed by atoms with Gasteiger partial charge in [-0.3, -0.25) is 4.79 Å². The van der Waals surface area contributed by atoms with E-state index >= 15 is 0 Å². The predicted octanol–water partition coefficient (Wildman–Crippen LogP) is 3.67. The molecular weight excluding hydrogens is 212 g/mol. The number of ketones is 1. The van der Waals surface area contributed by atoms with Crippen molar-refractivity contribution in [3.63, 3.8) is 0 Å². The smallest absolute Gasteiger partial charge is 0.160 e. The lowest BCUT2D eigenvalue weighted by atomic mass is 9.94. The zero-order valence-corrected chi connectivity index (χ0v) is 10.2. The summed E-state index contributed by atoms with van der Waals surface area (Å²) >= 11 is 5.92. The van der Waals surface area contributed by atoms with E-state index < -0.39 is 0 Å². The summed E-state index contributed by atoms with van der Waals surface area (Å²) in [6.45, 7) is 5.59. The van der Waals surface area contributed by atoms with Crippen LogP contribution >= 0.6 is 11.6 Å². The maximum absolute atomic E-state index is 11.5. The maximum Gasteiger partial charge on any atom is 0.160 e. The molecule has 0 saturated heterocycles. The van der Waals surface area contributed by atoms with Crippen molar-refractivity contribution in [2.45, 2.75) is 26.7 Å². The summed E-state index contributed by atoms with van der Waals surface area (Å²) in [5, 5.41) is 0.529. The van der Waals surface area contributed by atoms with Gasteiger partial charge in [-0.15, -0.1) is 0 Å². The zero-order valence-electron chi connectivity index (χ0n) is 9.43. The van der Waals surface area contributed by atoms with E-state index in [0.29, 0.717) is 16.3 Å². The number of hydrogen-bond acceptors (Lipinski definition) is 2. The van der Waals surface area contributed by atoms with Crippen LogP contribution in [0.25, 0.3) is 0 Å². The monoisotopic (exact) mass is 226 g/mol. The second-order valence-corrected chi connectivity index (χ2v) is 4.22. The third kappa shape index (κ3) is 2.51. The van der Waals surface area contributed by atoms with Gasteiger partial charge in [0.25, 0.3) is 0 Å². The number of benzene rings is 1. The molecule has 0 N–H and O–H groups in total. The van der Waals surface area contributed by atoms with Crippen molar-refractivity contribution in [3.8, 4) is 5.75 Å². The molecule has 0 heterocycles. The van der Waals surface area contributed by atoms with Gasteiger partial charge in [-0.25, -0.2) is 0 Å². The Balaban J connectivity index is 3.47. The summed E-state index contributed by atoms with van der Waals surface area (Å²) in [7, 11) is 1.58. The van der Waals surface area contributed by atoms with Crippen LogP contribution in [0.5, 0.6) is 5.75 Å². The number of rotatable bonds is 3. The first-order chi connectivity index (χ1) is 6.97. The molecule has 0 radical (unpaired) electrons. The fourth-order valence-electron chi connectivity index (χ4n) is 1.65. The third-order valence-corrected chi connectivity index (χ3v) is 2.50. The van der Waals surface area contributed by atoms with Crippen LogP contribution in [0.4, 0.5) is 0 Å². The predicted molar refractivity (Wildman–Crippen MR) is 62.1 cm³/mol. The molecule has 0 aliphatic rings. The van der Waals surface area contributed by atoms with Crippen LogP contribution in [0.1, 0.15) is 42.6 Å². The first-order valence-electron chi connectivity index (χ1n) is 4.85. The number of Topliss-reactive ketones (excluding diaryl/α,β-unsaturated/α-hetero) is 1. The van der Waals surface area contributed by atoms with E-state index in [1.807, 2.05) is 13.8 Å². The summed E-state index contributed by atoms with van der Waals surface area (Å²) in [5.41, 5.74) is 1.57. The van der Waals surface area contributed by atoms with Crippen molar-refractivity contribution in [2.75, 3.05) is 7.11 Å². The van der Waals surface area contributed by atoms with Crippen LogP contribution in [-0.2, 0) is 0 Å². The Morgan fingerprint density at radius 2 is 2.00 bits per heavy atom. The molecule has 0 aliphatic carbocycles. The van der Waals surface area contributed by atoms with Crippen molar-refractivity contribution >= 4 is 17.4 Å². The number of ether oxygens (including phenoxy) is 1. The van der Waals surface area contributed by atoms with Gasteiger partial charge in [0.1, 0.15) is 5.75 Å². The minimum Gasteiger partial charge on any atom is -0.496 e. The van der Waals surface area contributed by atoms with Crippen molar-refractivity contribution in [1.29, 1.82) is 0 Å². The van der Waals surface area contributed by atoms with E-state index in [-0.39, 0.29) is 11.7 Å². The quantitative estimate of drug-likeness (QED) is 0.735. The molecule has 2 nitrogen and oxygen atoms in total. The van der Waals surface area contributed by atoms with Crippen molar-refractivity contribution in [2.24, 2.45) is 0 Å². The normalized spacial score (nSPS) is 10.5. The Bertz CT molecular complexity index is 383. The van der Waals surface area contributed by atoms with Gasteiger partial charge in [0, 0.05) is 16.1 Å². The summed E-state index contributed by atoms with van der Waals surface area (Å²) in [5.74, 6) is 0.929. The van der Waals surface area contributed by atoms with E-state index in [4.69, 9.17) is 16.3 Å². The number of carbonyl (C=O) groups is 1. The van der Waals surface area contributed by atoms with Crippen LogP contribution in [0, 0.1) is 0 Å². The average Bonchev–Trinajstić information content (AvgIpc) is 2.15. The lowest BCUT2D eigenvalue weighted by Crippen LogP contribution is -2.04. The first-order valence-corrected chi connectivity index (χ1v) is 5.23. The molecule has 1 aromatic rings. The summed E-state index contributed by atoms with van der Waals surface area (Å²) < 4.78 is 5.24. The van der Waals surface area contributed by atoms with Gasteiger partial charge in [0.05, 0.1) is 7.11 Å². The lowest BCUT2D eigenvalue weighted by Gasteiger charge is -2.15. The molecule has 0 amide bonds. The number of methoxy groups -OCH3 is 1. The zero-order chi connectivity index (χ0) is 11.6. The van der Waals surface area contributed by atoms with Crippen LogP contribution in [0.3, 0.4) is 0 Å². The molecule has 0 aliphatic heterocycles. The molecule has 15 heavy (non-hydrogen) atoms. The van der Waals surface area contributed by atoms with Gasteiger partial charge in [0.15, 0.2) is 5.78 Å². The number of halogens is 1. The van der Waals surface area contributed by atoms with E-state index in [1.54, 1.807) is 19.2 Å². The van der Waals surface area contributed by atoms with Gasteiger partial charge in [-0.05, 0) is 25.0 Å². The molecule has 0 fully saturated rings. The van der Waals surface area contributed by atoms with E-state index in [0.717, 1.165) is 5.56 Å². The first kappa shape index (κ1) is 12.1. The van der Waals surface area contributed by atoms with Gasteiger partial charge < -0.3 is 4.74 Å². The third-order valence-electron chi connectivity index (χ3n) is 2.28. The largest absolute Gasteiger partial charge is 0.496 e. The minimum absolute atomic E-state index is 0.0134. The Hall–Kier alpha value is -1.02. The molecule has 0 spiro atoms. The van der Waals surface area contributed by atoms with Crippen LogP contribution < -0.4 is 4.74 Å². The maximum atomic E-state index is 11.5. The minimum atomic E-state index is 0.0134. The number of carbonyl (C=O) groups excluding carboxylic acids is 1. The van der Waals surface area contributed by atoms with Crippen molar-refractivity contribution in [1.82, 2.24) is 0 Å². The topological polar surface area (TPSA) is 26.3 Å². The molecular formula is C12H15ClO2. The molecule has 1 rings (SSSR count). The second kappa shape index (κ2) is 4.67. The Kier molecular flexibility index (Phi) is 3.75. The van der Waals surface area contributed by atoms with Crippen LogP contribution in [0.15, 0.2) is 12.1 Å². The number of hydrogen-bond donors (Lipinski definition) is 0. The van der Waals surface area contributed by atoms with E-state index in [1.165, 1.54) is 6.92 Å². The molecule has 0 atom stereocenters. The highest BCUT2D eigenvalue weighted by Gasteiger charge is 2.16. The van der Waals surface area contributed by atoms with Crippen molar-refractivity contribution in [3.05, 3.63) is 28.3 Å². The molecule has 1 aromatic carbocycles. The van der Waals surface area contributed by atoms with E-state index in [9.17, 15) is 4.79 Å². The Labute approximate surface area is 95.2 Å². The fourth-order valence-corrected chi connectivity index (χ4v) is 1.86. The highest BCUT2D eigenvalue weighted by Crippen LogP contribution is 2.33. The van der Waals surface area contributed by atoms with Crippen LogP contribution in [-0.4, -0.2) is 12.9 Å². The molecule has 0 bridgehead atoms. The molecule has 82 valence electrons. The van der Waals surface area contributed by atoms with Gasteiger partial charge >= 0.3 is 0 Å². The van der Waals surface area contributed by atoms with Crippen molar-refractivity contribution < 1.29 is 9.53 Å². The molecule has 0 unspecified atom stereocenters. The van der Waals surface area contributed by atoms with Crippen LogP contribution in [0.2, 0.25) is 5.02 Å². The molecule has 0 aromatic heterocycles. The summed E-state index contributed by atoms with van der Waals surface area (Å²) in [6, 6.07) is 3.44. The van der Waals surface area contributed by atoms with Gasteiger partial charge in [-0.1, -0.05) is 25.4 Å². The Morgan fingerprint density at radius 3 is 2.40 bits per heavy atom. The molecule has 0 saturated carbocycles. The SMILES string of the molecule is COc1cc(Cl)cc(C(C)=O)c1C(C)C. The standard InChI is InChI=1S/C12H15ClO2/c1-7(2)12-10(8(3)14)5-9(13)6-11(12)15-4/h5-7H,1-4H3. The summed E-state index contributed by atoms with van der Waals surface area (Å²) in [4.78, 5) is 11.5.